The first kappa shape index (κ1) is 10.6. The molecule has 0 aliphatic rings. The van der Waals surface area contributed by atoms with Gasteiger partial charge in [0.15, 0.2) is 0 Å². The van der Waals surface area contributed by atoms with Gasteiger partial charge in [0.1, 0.15) is 0 Å². The van der Waals surface area contributed by atoms with Gasteiger partial charge < -0.3 is 10.6 Å². The van der Waals surface area contributed by atoms with Gasteiger partial charge in [-0.25, -0.2) is 4.79 Å². The predicted octanol–water partition coefficient (Wildman–Crippen LogP) is 1.01. The molecule has 0 aromatic carbocycles. The smallest absolute Gasteiger partial charge is 0.315 e. The van der Waals surface area contributed by atoms with Gasteiger partial charge >= 0.3 is 6.03 Å². The number of hydrogen-bond donors (Lipinski definition) is 3. The highest BCUT2D eigenvalue weighted by Crippen LogP contribution is 1.87. The molecule has 4 heteroatoms. The Balaban J connectivity index is 3.38. The Morgan fingerprint density at radius 2 is 2.00 bits per heavy atom. The maximum absolute atomic E-state index is 10.9. The fraction of sp³-hybridized carbons (Fsp3) is 0.857. The number of thiol groups is 1. The Bertz CT molecular complexity index is 126. The molecule has 0 unspecified atom stereocenters. The van der Waals surface area contributed by atoms with Crippen LogP contribution in [0.2, 0.25) is 0 Å². The second kappa shape index (κ2) is 5.29. The van der Waals surface area contributed by atoms with E-state index in [2.05, 4.69) is 23.3 Å². The van der Waals surface area contributed by atoms with E-state index in [0.29, 0.717) is 6.54 Å². The van der Waals surface area contributed by atoms with Crippen LogP contribution in [0.25, 0.3) is 0 Å². The quantitative estimate of drug-likeness (QED) is 0.552. The zero-order valence-corrected chi connectivity index (χ0v) is 8.11. The second-order valence-corrected chi connectivity index (χ2v) is 3.74. The Hall–Kier alpha value is -0.380. The highest BCUT2D eigenvalue weighted by atomic mass is 32.1. The molecule has 0 fully saturated rings. The maximum atomic E-state index is 10.9. The first-order chi connectivity index (χ1) is 5.02. The Kier molecular flexibility index (Phi) is 5.11. The largest absolute Gasteiger partial charge is 0.337 e. The van der Waals surface area contributed by atoms with Crippen LogP contribution in [0.3, 0.4) is 0 Å². The molecule has 0 aliphatic carbocycles. The third-order valence-corrected chi connectivity index (χ3v) is 1.16. The summed E-state index contributed by atoms with van der Waals surface area (Å²) in [6, 6.07) is 0.0612. The van der Waals surface area contributed by atoms with Gasteiger partial charge in [-0.15, -0.1) is 0 Å². The summed E-state index contributed by atoms with van der Waals surface area (Å²) >= 11 is 4.12. The Morgan fingerprint density at radius 3 is 2.36 bits per heavy atom. The molecule has 0 spiro atoms. The number of carbonyl (C=O) groups excluding carboxylic acids is 1. The summed E-state index contributed by atoms with van der Waals surface area (Å²) in [5, 5.41) is 5.60. The molecule has 3 nitrogen and oxygen atoms in total. The molecule has 2 N–H and O–H groups in total. The average molecular weight is 176 g/mol. The number of nitrogens with one attached hydrogen (secondary N) is 2. The minimum atomic E-state index is -0.124. The lowest BCUT2D eigenvalue weighted by Gasteiger charge is -2.10. The summed E-state index contributed by atoms with van der Waals surface area (Å²) in [7, 11) is 0. The van der Waals surface area contributed by atoms with Gasteiger partial charge in [0.2, 0.25) is 0 Å². The number of urea groups is 1. The van der Waals surface area contributed by atoms with Crippen molar-refractivity contribution in [3.8, 4) is 0 Å². The number of hydrogen-bond acceptors (Lipinski definition) is 2. The third-order valence-electron chi connectivity index (χ3n) is 0.978. The summed E-state index contributed by atoms with van der Waals surface area (Å²) in [5.41, 5.74) is 0. The topological polar surface area (TPSA) is 41.1 Å². The first-order valence-corrected chi connectivity index (χ1v) is 4.26. The lowest BCUT2D eigenvalue weighted by Crippen LogP contribution is -2.41. The Morgan fingerprint density at radius 1 is 1.45 bits per heavy atom. The minimum absolute atomic E-state index is 0.124. The highest BCUT2D eigenvalue weighted by molar-refractivity contribution is 7.80. The van der Waals surface area contributed by atoms with E-state index >= 15 is 0 Å². The van der Waals surface area contributed by atoms with Gasteiger partial charge in [-0.05, 0) is 13.8 Å². The van der Waals surface area contributed by atoms with Crippen LogP contribution in [-0.2, 0) is 0 Å². The molecule has 2 amide bonds. The molecular weight excluding hydrogens is 160 g/mol. The molecule has 0 rings (SSSR count). The van der Waals surface area contributed by atoms with E-state index in [9.17, 15) is 4.79 Å². The highest BCUT2D eigenvalue weighted by Gasteiger charge is 2.01. The maximum Gasteiger partial charge on any atom is 0.315 e. The fourth-order valence-corrected chi connectivity index (χ4v) is 0.645. The van der Waals surface area contributed by atoms with Crippen LogP contribution in [0.4, 0.5) is 4.79 Å². The zero-order chi connectivity index (χ0) is 8.85. The molecule has 0 saturated carbocycles. The number of rotatable bonds is 3. The standard InChI is InChI=1S/C7H16N2OS/c1-5(2)9-7(10)8-4-6(3)11/h5-6,11H,4H2,1-3H3,(H2,8,9,10)/t6-/m1/s1. The molecule has 0 aromatic rings. The van der Waals surface area contributed by atoms with E-state index < -0.39 is 0 Å². The van der Waals surface area contributed by atoms with Crippen molar-refractivity contribution >= 4 is 18.7 Å². The minimum Gasteiger partial charge on any atom is -0.337 e. The van der Waals surface area contributed by atoms with E-state index in [1.54, 1.807) is 0 Å². The van der Waals surface area contributed by atoms with Crippen LogP contribution in [0.1, 0.15) is 20.8 Å². The van der Waals surface area contributed by atoms with Crippen molar-refractivity contribution in [3.05, 3.63) is 0 Å². The predicted molar refractivity (Wildman–Crippen MR) is 50.1 cm³/mol. The fourth-order valence-electron chi connectivity index (χ4n) is 0.554. The van der Waals surface area contributed by atoms with Gasteiger partial charge in [0.25, 0.3) is 0 Å². The van der Waals surface area contributed by atoms with Crippen LogP contribution >= 0.6 is 12.6 Å². The Labute approximate surface area is 73.3 Å². The van der Waals surface area contributed by atoms with Crippen molar-refractivity contribution in [3.63, 3.8) is 0 Å². The molecule has 66 valence electrons. The van der Waals surface area contributed by atoms with Crippen LogP contribution in [0.15, 0.2) is 0 Å². The van der Waals surface area contributed by atoms with Gasteiger partial charge in [0.05, 0.1) is 0 Å². The molecule has 0 bridgehead atoms. The summed E-state index contributed by atoms with van der Waals surface area (Å²) < 4.78 is 0. The molecule has 0 heterocycles. The first-order valence-electron chi connectivity index (χ1n) is 3.74. The summed E-state index contributed by atoms with van der Waals surface area (Å²) in [4.78, 5) is 10.9. The van der Waals surface area contributed by atoms with E-state index in [1.807, 2.05) is 20.8 Å². The van der Waals surface area contributed by atoms with Crippen molar-refractivity contribution in [1.29, 1.82) is 0 Å². The van der Waals surface area contributed by atoms with E-state index in [0.717, 1.165) is 0 Å². The summed E-state index contributed by atoms with van der Waals surface area (Å²) in [6.07, 6.45) is 0. The second-order valence-electron chi connectivity index (χ2n) is 2.86. The summed E-state index contributed by atoms with van der Waals surface area (Å²) in [6.45, 7) is 6.37. The van der Waals surface area contributed by atoms with Crippen LogP contribution in [-0.4, -0.2) is 23.9 Å². The summed E-state index contributed by atoms with van der Waals surface area (Å²) in [5.74, 6) is 0. The normalized spacial score (nSPS) is 12.8. The van der Waals surface area contributed by atoms with Crippen LogP contribution in [0, 0.1) is 0 Å². The molecule has 11 heavy (non-hydrogen) atoms. The molecule has 0 aromatic heterocycles. The van der Waals surface area contributed by atoms with Gasteiger partial charge in [-0.2, -0.15) is 12.6 Å². The zero-order valence-electron chi connectivity index (χ0n) is 7.22. The lowest BCUT2D eigenvalue weighted by molar-refractivity contribution is 0.238. The molecular formula is C7H16N2OS. The van der Waals surface area contributed by atoms with Crippen molar-refractivity contribution in [2.75, 3.05) is 6.54 Å². The lowest BCUT2D eigenvalue weighted by atomic mass is 10.4. The number of amides is 2. The van der Waals surface area contributed by atoms with Crippen LogP contribution < -0.4 is 10.6 Å². The average Bonchev–Trinajstić information content (AvgIpc) is 1.82. The molecule has 0 aliphatic heterocycles. The van der Waals surface area contributed by atoms with E-state index in [4.69, 9.17) is 0 Å². The third kappa shape index (κ3) is 7.52. The SMILES string of the molecule is CC(C)NC(=O)NC[C@@H](C)S. The molecule has 0 saturated heterocycles. The van der Waals surface area contributed by atoms with Gasteiger partial charge in [0, 0.05) is 17.8 Å². The molecule has 0 radical (unpaired) electrons. The molecule has 1 atom stereocenters. The number of carbonyl (C=O) groups is 1. The van der Waals surface area contributed by atoms with Crippen molar-refractivity contribution < 1.29 is 4.79 Å². The van der Waals surface area contributed by atoms with Crippen molar-refractivity contribution in [1.82, 2.24) is 10.6 Å². The van der Waals surface area contributed by atoms with Crippen molar-refractivity contribution in [2.24, 2.45) is 0 Å². The monoisotopic (exact) mass is 176 g/mol. The van der Waals surface area contributed by atoms with Gasteiger partial charge in [-0.3, -0.25) is 0 Å². The van der Waals surface area contributed by atoms with E-state index in [1.165, 1.54) is 0 Å². The van der Waals surface area contributed by atoms with Crippen LogP contribution in [0.5, 0.6) is 0 Å². The van der Waals surface area contributed by atoms with Crippen molar-refractivity contribution in [2.45, 2.75) is 32.1 Å². The van der Waals surface area contributed by atoms with E-state index in [-0.39, 0.29) is 17.3 Å². The van der Waals surface area contributed by atoms with Gasteiger partial charge in [-0.1, -0.05) is 6.92 Å².